The summed E-state index contributed by atoms with van der Waals surface area (Å²) >= 11 is 3.70. The molecule has 4 aromatic heterocycles. The number of thiophene rings is 2. The van der Waals surface area contributed by atoms with Gasteiger partial charge >= 0.3 is 0 Å². The average Bonchev–Trinajstić information content (AvgIpc) is 4.17. The van der Waals surface area contributed by atoms with E-state index in [9.17, 15) is 0 Å². The summed E-state index contributed by atoms with van der Waals surface area (Å²) in [5.74, 6) is 0.726. The van der Waals surface area contributed by atoms with Crippen LogP contribution in [0.2, 0.25) is 0 Å². The second-order valence-corrected chi connectivity index (χ2v) is 20.3. The Morgan fingerprint density at radius 3 is 1.94 bits per heavy atom. The Kier molecular flexibility index (Phi) is 8.18. The Balaban J connectivity index is 1.03. The quantitative estimate of drug-likeness (QED) is 0.170. The SMILES string of the molecule is CCC1C(c2ccc(-n3c4cc5ccccc5cc4c4c5ccccc5ccc43)c3c2oc2ccccc23)=NC(c2cccc3c2sc2ccccc23)=NC1c1cccc2c1sc1ccccc12. The third kappa shape index (κ3) is 5.41. The first-order chi connectivity index (χ1) is 33.7. The van der Waals surface area contributed by atoms with E-state index in [2.05, 4.69) is 206 Å². The zero-order chi connectivity index (χ0) is 44.6. The van der Waals surface area contributed by atoms with E-state index >= 15 is 0 Å². The van der Waals surface area contributed by atoms with Gasteiger partial charge in [0, 0.05) is 73.5 Å². The number of furan rings is 1. The average molecular weight is 906 g/mol. The number of aromatic nitrogens is 1. The summed E-state index contributed by atoms with van der Waals surface area (Å²) in [6.45, 7) is 2.29. The van der Waals surface area contributed by atoms with Gasteiger partial charge in [-0.1, -0.05) is 146 Å². The number of para-hydroxylation sites is 1. The highest BCUT2D eigenvalue weighted by atomic mass is 32.1. The Bertz CT molecular complexity index is 4520. The van der Waals surface area contributed by atoms with Crippen LogP contribution in [-0.4, -0.2) is 16.1 Å². The molecule has 0 saturated heterocycles. The van der Waals surface area contributed by atoms with Crippen molar-refractivity contribution in [1.82, 2.24) is 4.57 Å². The van der Waals surface area contributed by atoms with Gasteiger partial charge in [-0.15, -0.1) is 22.7 Å². The van der Waals surface area contributed by atoms with Crippen molar-refractivity contribution in [3.05, 3.63) is 211 Å². The van der Waals surface area contributed by atoms with Crippen LogP contribution in [0.4, 0.5) is 0 Å². The highest BCUT2D eigenvalue weighted by Gasteiger charge is 2.36. The van der Waals surface area contributed by atoms with E-state index < -0.39 is 0 Å². The van der Waals surface area contributed by atoms with Gasteiger partial charge < -0.3 is 8.98 Å². The molecule has 15 rings (SSSR count). The van der Waals surface area contributed by atoms with Crippen molar-refractivity contribution < 1.29 is 4.42 Å². The zero-order valence-electron chi connectivity index (χ0n) is 36.9. The number of amidine groups is 1. The molecule has 2 atom stereocenters. The monoisotopic (exact) mass is 905 g/mol. The van der Waals surface area contributed by atoms with E-state index in [4.69, 9.17) is 14.4 Å². The summed E-state index contributed by atoms with van der Waals surface area (Å²) in [5.41, 5.74) is 9.43. The largest absolute Gasteiger partial charge is 0.455 e. The molecule has 0 fully saturated rings. The molecule has 0 aliphatic carbocycles. The first-order valence-corrected chi connectivity index (χ1v) is 25.1. The minimum atomic E-state index is -0.193. The van der Waals surface area contributed by atoms with Crippen LogP contribution in [0.5, 0.6) is 0 Å². The highest BCUT2D eigenvalue weighted by molar-refractivity contribution is 7.26. The maximum Gasteiger partial charge on any atom is 0.156 e. The molecule has 5 heterocycles. The smallest absolute Gasteiger partial charge is 0.156 e. The van der Waals surface area contributed by atoms with Crippen LogP contribution in [-0.2, 0) is 0 Å². The van der Waals surface area contributed by atoms with E-state index in [1.807, 2.05) is 22.7 Å². The minimum absolute atomic E-state index is 0.0376. The maximum atomic E-state index is 7.21. The predicted octanol–water partition coefficient (Wildman–Crippen LogP) is 17.7. The second-order valence-electron chi connectivity index (χ2n) is 18.2. The number of hydrogen-bond donors (Lipinski definition) is 0. The third-order valence-corrected chi connectivity index (χ3v) is 17.1. The van der Waals surface area contributed by atoms with Crippen LogP contribution in [0.25, 0.3) is 111 Å². The maximum absolute atomic E-state index is 7.21. The second kappa shape index (κ2) is 14.5. The summed E-state index contributed by atoms with van der Waals surface area (Å²) in [5, 5.41) is 14.6. The summed E-state index contributed by atoms with van der Waals surface area (Å²) in [4.78, 5) is 11.6. The summed E-state index contributed by atoms with van der Waals surface area (Å²) in [6.07, 6.45) is 0.838. The van der Waals surface area contributed by atoms with E-state index in [1.165, 1.54) is 78.2 Å². The van der Waals surface area contributed by atoms with Gasteiger partial charge in [-0.25, -0.2) is 4.99 Å². The van der Waals surface area contributed by atoms with Crippen LogP contribution in [0.15, 0.2) is 209 Å². The molecular weight excluding hydrogens is 867 g/mol. The van der Waals surface area contributed by atoms with Gasteiger partial charge in [0.1, 0.15) is 11.2 Å². The summed E-state index contributed by atoms with van der Waals surface area (Å²) < 4.78 is 14.7. The van der Waals surface area contributed by atoms with Gasteiger partial charge in [0.05, 0.1) is 33.9 Å². The lowest BCUT2D eigenvalue weighted by Gasteiger charge is -2.30. The van der Waals surface area contributed by atoms with E-state index in [0.717, 1.165) is 67.8 Å². The number of hydrogen-bond acceptors (Lipinski definition) is 5. The van der Waals surface area contributed by atoms with E-state index in [-0.39, 0.29) is 12.0 Å². The summed E-state index contributed by atoms with van der Waals surface area (Å²) in [6, 6.07) is 70.7. The van der Waals surface area contributed by atoms with Crippen LogP contribution in [0.1, 0.15) is 36.1 Å². The van der Waals surface area contributed by atoms with E-state index in [1.54, 1.807) is 0 Å². The molecule has 0 N–H and O–H groups in total. The molecule has 4 nitrogen and oxygen atoms in total. The fraction of sp³-hybridized carbons (Fsp3) is 0.0645. The van der Waals surface area contributed by atoms with Gasteiger partial charge in [-0.05, 0) is 88.1 Å². The molecule has 320 valence electrons. The molecule has 14 aromatic rings. The number of aliphatic imine (C=N–C) groups is 2. The first-order valence-electron chi connectivity index (χ1n) is 23.5. The van der Waals surface area contributed by atoms with Crippen molar-refractivity contribution in [1.29, 1.82) is 0 Å². The van der Waals surface area contributed by atoms with Gasteiger partial charge in [-0.2, -0.15) is 0 Å². The fourth-order valence-electron chi connectivity index (χ4n) is 11.5. The molecule has 0 amide bonds. The van der Waals surface area contributed by atoms with Crippen molar-refractivity contribution in [3.63, 3.8) is 0 Å². The lowest BCUT2D eigenvalue weighted by Crippen LogP contribution is -2.28. The molecule has 1 aliphatic rings. The Morgan fingerprint density at radius 2 is 1.15 bits per heavy atom. The third-order valence-electron chi connectivity index (χ3n) is 14.6. The lowest BCUT2D eigenvalue weighted by atomic mass is 9.82. The molecule has 1 aliphatic heterocycles. The zero-order valence-corrected chi connectivity index (χ0v) is 38.5. The summed E-state index contributed by atoms with van der Waals surface area (Å²) in [7, 11) is 0. The van der Waals surface area contributed by atoms with Gasteiger partial charge in [0.2, 0.25) is 0 Å². The Labute approximate surface area is 398 Å². The van der Waals surface area contributed by atoms with Crippen molar-refractivity contribution in [3.8, 4) is 5.69 Å². The van der Waals surface area contributed by atoms with Crippen molar-refractivity contribution in [2.45, 2.75) is 19.4 Å². The Hall–Kier alpha value is -7.90. The first kappa shape index (κ1) is 38.2. The van der Waals surface area contributed by atoms with Crippen LogP contribution >= 0.6 is 22.7 Å². The number of rotatable bonds is 5. The number of benzene rings is 10. The number of fused-ring (bicyclic) bond motifs is 15. The molecule has 0 saturated carbocycles. The van der Waals surface area contributed by atoms with Crippen LogP contribution in [0, 0.1) is 5.92 Å². The fourth-order valence-corrected chi connectivity index (χ4v) is 14.0. The molecule has 6 heteroatoms. The topological polar surface area (TPSA) is 42.8 Å². The normalized spacial score (nSPS) is 15.7. The van der Waals surface area contributed by atoms with Crippen LogP contribution in [0.3, 0.4) is 0 Å². The van der Waals surface area contributed by atoms with Gasteiger partial charge in [-0.3, -0.25) is 4.99 Å². The predicted molar refractivity (Wildman–Crippen MR) is 291 cm³/mol. The van der Waals surface area contributed by atoms with E-state index in [0.29, 0.717) is 0 Å². The molecule has 0 spiro atoms. The molecule has 68 heavy (non-hydrogen) atoms. The molecular formula is C62H39N3OS2. The van der Waals surface area contributed by atoms with Gasteiger partial charge in [0.25, 0.3) is 0 Å². The number of nitrogens with zero attached hydrogens (tertiary/aromatic N) is 3. The molecule has 0 bridgehead atoms. The van der Waals surface area contributed by atoms with Crippen molar-refractivity contribution in [2.75, 3.05) is 0 Å². The van der Waals surface area contributed by atoms with Crippen molar-refractivity contribution in [2.24, 2.45) is 15.9 Å². The molecule has 0 radical (unpaired) electrons. The Morgan fingerprint density at radius 1 is 0.500 bits per heavy atom. The molecule has 10 aromatic carbocycles. The molecule has 2 unspecified atom stereocenters. The standard InChI is InChI=1S/C62H39N3OS2/c1-2-38-57(63-62(47-25-14-23-43-41-20-9-12-28-54(41)68-61(43)47)64-58(38)46-24-13-22-42-40-19-8-11-27-53(40)67-60(42)46)45-30-32-50(56-44-21-7-10-26-52(44)66-59(45)56)65-49-31-29-35-15-5-6-18-39(35)55(49)48-33-36-16-3-4-17-37(36)34-51(48)65/h3-34,38,58H,2H2,1H3. The van der Waals surface area contributed by atoms with Crippen molar-refractivity contribution >= 4 is 140 Å². The van der Waals surface area contributed by atoms with Gasteiger partial charge in [0.15, 0.2) is 5.84 Å². The van der Waals surface area contributed by atoms with Crippen LogP contribution < -0.4 is 0 Å². The highest BCUT2D eigenvalue weighted by Crippen LogP contribution is 2.48. The minimum Gasteiger partial charge on any atom is -0.455 e. The lowest BCUT2D eigenvalue weighted by molar-refractivity contribution is 0.535.